The highest BCUT2D eigenvalue weighted by Crippen LogP contribution is 2.25. The molecule has 2 aromatic rings. The number of hydrogen-bond acceptors (Lipinski definition) is 5. The minimum Gasteiger partial charge on any atom is -0.394 e. The van der Waals surface area contributed by atoms with Crippen LogP contribution in [0.3, 0.4) is 0 Å². The van der Waals surface area contributed by atoms with Gasteiger partial charge in [0.15, 0.2) is 5.82 Å². The molecule has 0 aromatic carbocycles. The van der Waals surface area contributed by atoms with Crippen molar-refractivity contribution in [3.8, 4) is 0 Å². The second-order valence-corrected chi connectivity index (χ2v) is 4.10. The number of anilines is 3. The standard InChI is InChI=1S/C9H9ClN4S/c1-5-7(11)8(14-9(10)12-5)13-6-2-3-15-4-6/h2-4H,11H2,1H3,(H,12,13,14). The number of nitrogens with one attached hydrogen (secondary N) is 1. The highest BCUT2D eigenvalue weighted by molar-refractivity contribution is 7.08. The molecule has 3 N–H and O–H groups in total. The first-order chi connectivity index (χ1) is 7.16. The predicted molar refractivity (Wildman–Crippen MR) is 63.8 cm³/mol. The topological polar surface area (TPSA) is 63.8 Å². The van der Waals surface area contributed by atoms with Crippen LogP contribution in [0.25, 0.3) is 0 Å². The number of aromatic nitrogens is 2. The zero-order valence-electron chi connectivity index (χ0n) is 7.99. The quantitative estimate of drug-likeness (QED) is 0.793. The molecule has 0 saturated carbocycles. The highest BCUT2D eigenvalue weighted by atomic mass is 35.5. The molecule has 2 rings (SSSR count). The number of nitrogens with two attached hydrogens (primary N) is 1. The Balaban J connectivity index is 2.36. The summed E-state index contributed by atoms with van der Waals surface area (Å²) in [4.78, 5) is 7.99. The molecule has 0 bridgehead atoms. The maximum absolute atomic E-state index is 5.83. The lowest BCUT2D eigenvalue weighted by Crippen LogP contribution is -2.03. The summed E-state index contributed by atoms with van der Waals surface area (Å²) in [5, 5.41) is 7.21. The van der Waals surface area contributed by atoms with Crippen molar-refractivity contribution in [2.75, 3.05) is 11.1 Å². The number of aryl methyl sites for hydroxylation is 1. The molecule has 0 aliphatic heterocycles. The Labute approximate surface area is 96.1 Å². The first kappa shape index (κ1) is 10.2. The number of thiophene rings is 1. The number of nitrogens with zero attached hydrogens (tertiary/aromatic N) is 2. The van der Waals surface area contributed by atoms with E-state index in [0.29, 0.717) is 17.2 Å². The van der Waals surface area contributed by atoms with E-state index in [1.807, 2.05) is 16.8 Å². The summed E-state index contributed by atoms with van der Waals surface area (Å²) < 4.78 is 0. The van der Waals surface area contributed by atoms with Crippen LogP contribution in [0.4, 0.5) is 17.2 Å². The molecule has 0 atom stereocenters. The molecule has 0 saturated heterocycles. The Bertz CT molecular complexity index is 469. The number of hydrogen-bond donors (Lipinski definition) is 2. The number of rotatable bonds is 2. The van der Waals surface area contributed by atoms with Gasteiger partial charge in [-0.15, -0.1) is 0 Å². The third-order valence-electron chi connectivity index (χ3n) is 1.89. The minimum absolute atomic E-state index is 0.194. The zero-order chi connectivity index (χ0) is 10.8. The fourth-order valence-corrected chi connectivity index (χ4v) is 1.91. The fourth-order valence-electron chi connectivity index (χ4n) is 1.12. The lowest BCUT2D eigenvalue weighted by Gasteiger charge is -2.08. The van der Waals surface area contributed by atoms with Crippen LogP contribution in [0.1, 0.15) is 5.69 Å². The van der Waals surface area contributed by atoms with Gasteiger partial charge in [0, 0.05) is 5.38 Å². The van der Waals surface area contributed by atoms with Crippen LogP contribution in [0.15, 0.2) is 16.8 Å². The van der Waals surface area contributed by atoms with E-state index in [1.165, 1.54) is 0 Å². The average Bonchev–Trinajstić information content (AvgIpc) is 2.66. The van der Waals surface area contributed by atoms with Gasteiger partial charge in [-0.3, -0.25) is 0 Å². The Kier molecular flexibility index (Phi) is 2.75. The first-order valence-electron chi connectivity index (χ1n) is 4.25. The molecule has 0 fully saturated rings. The average molecular weight is 241 g/mol. The molecular formula is C9H9ClN4S. The van der Waals surface area contributed by atoms with Gasteiger partial charge in [-0.25, -0.2) is 4.98 Å². The monoisotopic (exact) mass is 240 g/mol. The molecule has 78 valence electrons. The first-order valence-corrected chi connectivity index (χ1v) is 5.57. The van der Waals surface area contributed by atoms with Crippen LogP contribution in [0, 0.1) is 6.92 Å². The van der Waals surface area contributed by atoms with Gasteiger partial charge in [0.1, 0.15) is 0 Å². The molecule has 2 heterocycles. The van der Waals surface area contributed by atoms with E-state index in [2.05, 4.69) is 15.3 Å². The number of nitrogen functional groups attached to an aromatic ring is 1. The SMILES string of the molecule is Cc1nc(Cl)nc(Nc2ccsc2)c1N. The normalized spacial score (nSPS) is 10.3. The van der Waals surface area contributed by atoms with Crippen molar-refractivity contribution < 1.29 is 0 Å². The molecule has 0 amide bonds. The number of halogens is 1. The molecule has 0 aliphatic rings. The zero-order valence-corrected chi connectivity index (χ0v) is 9.56. The molecule has 4 nitrogen and oxygen atoms in total. The van der Waals surface area contributed by atoms with E-state index < -0.39 is 0 Å². The fraction of sp³-hybridized carbons (Fsp3) is 0.111. The summed E-state index contributed by atoms with van der Waals surface area (Å²) in [7, 11) is 0. The summed E-state index contributed by atoms with van der Waals surface area (Å²) >= 11 is 7.34. The summed E-state index contributed by atoms with van der Waals surface area (Å²) in [6.07, 6.45) is 0. The Hall–Kier alpha value is -1.33. The van der Waals surface area contributed by atoms with Crippen LogP contribution in [-0.4, -0.2) is 9.97 Å². The van der Waals surface area contributed by atoms with Crippen molar-refractivity contribution in [3.05, 3.63) is 27.8 Å². The van der Waals surface area contributed by atoms with E-state index >= 15 is 0 Å². The van der Waals surface area contributed by atoms with Crippen molar-refractivity contribution >= 4 is 40.1 Å². The lowest BCUT2D eigenvalue weighted by atomic mass is 10.3. The van der Waals surface area contributed by atoms with Gasteiger partial charge < -0.3 is 11.1 Å². The summed E-state index contributed by atoms with van der Waals surface area (Å²) in [6.45, 7) is 1.79. The Morgan fingerprint density at radius 3 is 2.93 bits per heavy atom. The van der Waals surface area contributed by atoms with Crippen molar-refractivity contribution in [1.82, 2.24) is 9.97 Å². The van der Waals surface area contributed by atoms with Gasteiger partial charge >= 0.3 is 0 Å². The van der Waals surface area contributed by atoms with E-state index in [0.717, 1.165) is 5.69 Å². The molecule has 0 radical (unpaired) electrons. The van der Waals surface area contributed by atoms with Crippen LogP contribution >= 0.6 is 22.9 Å². The second kappa shape index (κ2) is 4.04. The van der Waals surface area contributed by atoms with Crippen LogP contribution in [-0.2, 0) is 0 Å². The van der Waals surface area contributed by atoms with Gasteiger partial charge in [0.2, 0.25) is 5.28 Å². The second-order valence-electron chi connectivity index (χ2n) is 2.98. The van der Waals surface area contributed by atoms with E-state index in [4.69, 9.17) is 17.3 Å². The Morgan fingerprint density at radius 2 is 2.27 bits per heavy atom. The Morgan fingerprint density at radius 1 is 1.47 bits per heavy atom. The predicted octanol–water partition coefficient (Wildman–Crippen LogP) is 2.83. The van der Waals surface area contributed by atoms with Crippen molar-refractivity contribution in [2.24, 2.45) is 0 Å². The van der Waals surface area contributed by atoms with Crippen LogP contribution in [0.2, 0.25) is 5.28 Å². The van der Waals surface area contributed by atoms with Crippen molar-refractivity contribution in [3.63, 3.8) is 0 Å². The van der Waals surface area contributed by atoms with Crippen LogP contribution in [0.5, 0.6) is 0 Å². The smallest absolute Gasteiger partial charge is 0.224 e. The van der Waals surface area contributed by atoms with Gasteiger partial charge in [0.05, 0.1) is 17.1 Å². The van der Waals surface area contributed by atoms with E-state index in [-0.39, 0.29) is 5.28 Å². The molecule has 0 spiro atoms. The maximum Gasteiger partial charge on any atom is 0.224 e. The third kappa shape index (κ3) is 2.19. The van der Waals surface area contributed by atoms with Gasteiger partial charge in [-0.1, -0.05) is 0 Å². The van der Waals surface area contributed by atoms with Gasteiger partial charge in [-0.05, 0) is 30.0 Å². The minimum atomic E-state index is 0.194. The summed E-state index contributed by atoms with van der Waals surface area (Å²) in [5.41, 5.74) is 7.96. The largest absolute Gasteiger partial charge is 0.394 e. The molecule has 6 heteroatoms. The van der Waals surface area contributed by atoms with Crippen molar-refractivity contribution in [1.29, 1.82) is 0 Å². The molecule has 2 aromatic heterocycles. The van der Waals surface area contributed by atoms with Gasteiger partial charge in [0.25, 0.3) is 0 Å². The maximum atomic E-state index is 5.83. The van der Waals surface area contributed by atoms with E-state index in [9.17, 15) is 0 Å². The summed E-state index contributed by atoms with van der Waals surface area (Å²) in [5.74, 6) is 0.547. The lowest BCUT2D eigenvalue weighted by molar-refractivity contribution is 1.11. The van der Waals surface area contributed by atoms with Crippen LogP contribution < -0.4 is 11.1 Å². The van der Waals surface area contributed by atoms with Gasteiger partial charge in [-0.2, -0.15) is 16.3 Å². The summed E-state index contributed by atoms with van der Waals surface area (Å²) in [6, 6.07) is 1.94. The molecule has 0 aliphatic carbocycles. The van der Waals surface area contributed by atoms with Crippen molar-refractivity contribution in [2.45, 2.75) is 6.92 Å². The molecular weight excluding hydrogens is 232 g/mol. The molecule has 0 unspecified atom stereocenters. The van der Waals surface area contributed by atoms with E-state index in [1.54, 1.807) is 18.3 Å². The highest BCUT2D eigenvalue weighted by Gasteiger charge is 2.07. The molecule has 15 heavy (non-hydrogen) atoms. The third-order valence-corrected chi connectivity index (χ3v) is 2.75.